The van der Waals surface area contributed by atoms with Gasteiger partial charge in [-0.05, 0) is 64.3 Å². The normalized spacial score (nSPS) is 11.7. The first-order valence-electron chi connectivity index (χ1n) is 13.9. The second-order valence-corrected chi connectivity index (χ2v) is 10.6. The lowest BCUT2D eigenvalue weighted by molar-refractivity contribution is -0.119. The molecule has 0 saturated carbocycles. The number of carbonyl (C=O) groups excluding carboxylic acids is 2. The van der Waals surface area contributed by atoms with Gasteiger partial charge >= 0.3 is 0 Å². The number of carbonyl (C=O) groups is 2. The smallest absolute Gasteiger partial charge is 0.244 e. The van der Waals surface area contributed by atoms with Crippen LogP contribution in [0, 0.1) is 5.82 Å². The first-order chi connectivity index (χ1) is 21.7. The number of benzene rings is 3. The van der Waals surface area contributed by atoms with E-state index in [4.69, 9.17) is 16.2 Å². The van der Waals surface area contributed by atoms with Crippen LogP contribution in [0.1, 0.15) is 30.1 Å². The molecule has 9 nitrogen and oxygen atoms in total. The second kappa shape index (κ2) is 16.0. The lowest BCUT2D eigenvalue weighted by Gasteiger charge is -2.17. The van der Waals surface area contributed by atoms with Gasteiger partial charge in [-0.2, -0.15) is 0 Å². The molecule has 5 rings (SSSR count). The predicted octanol–water partition coefficient (Wildman–Crippen LogP) is 6.41. The van der Waals surface area contributed by atoms with Crippen LogP contribution >= 0.6 is 15.9 Å². The van der Waals surface area contributed by atoms with Gasteiger partial charge in [0.1, 0.15) is 23.7 Å². The summed E-state index contributed by atoms with van der Waals surface area (Å²) in [5.74, 6) is -0.754. The summed E-state index contributed by atoms with van der Waals surface area (Å²) in [7, 11) is 0. The van der Waals surface area contributed by atoms with Crippen molar-refractivity contribution >= 4 is 39.1 Å². The number of hydrogen-bond acceptors (Lipinski definition) is 7. The number of halogens is 2. The molecule has 0 spiro atoms. The number of nitrogens with zero attached hydrogens (tertiary/aromatic N) is 2. The van der Waals surface area contributed by atoms with Gasteiger partial charge < -0.3 is 26.8 Å². The molecule has 6 N–H and O–H groups in total. The summed E-state index contributed by atoms with van der Waals surface area (Å²) in [6, 6.07) is 25.3. The molecule has 0 aliphatic rings. The summed E-state index contributed by atoms with van der Waals surface area (Å²) < 4.78 is 20.6. The van der Waals surface area contributed by atoms with Crippen molar-refractivity contribution in [2.75, 3.05) is 17.2 Å². The van der Waals surface area contributed by atoms with Crippen LogP contribution in [-0.2, 0) is 9.59 Å². The molecule has 2 heterocycles. The highest BCUT2D eigenvalue weighted by atomic mass is 79.9. The zero-order valence-corrected chi connectivity index (χ0v) is 25.9. The number of anilines is 2. The molecule has 2 amide bonds. The van der Waals surface area contributed by atoms with Gasteiger partial charge in [0.25, 0.3) is 0 Å². The molecule has 2 atom stereocenters. The number of primary amides is 2. The van der Waals surface area contributed by atoms with Crippen molar-refractivity contribution in [1.82, 2.24) is 9.97 Å². The molecule has 5 aromatic rings. The maximum atomic E-state index is 14.3. The third-order valence-corrected chi connectivity index (χ3v) is 6.89. The van der Waals surface area contributed by atoms with E-state index in [0.29, 0.717) is 29.2 Å². The molecule has 0 radical (unpaired) electrons. The van der Waals surface area contributed by atoms with Crippen LogP contribution in [0.2, 0.25) is 0 Å². The Hall–Kier alpha value is -5.29. The molecule has 230 valence electrons. The van der Waals surface area contributed by atoms with Gasteiger partial charge in [0.05, 0.1) is 30.4 Å². The highest BCUT2D eigenvalue weighted by Crippen LogP contribution is 2.29. The molecule has 0 fully saturated rings. The standard InChI is InChI=1S/C21H20FN3O2.C13H12BrN3O/c1-2-27-17-8-9-19(22)18(11-17)15-10-16(13-24-12-15)25-20(21(23)26)14-6-4-3-5-7-14;14-10-6-11(8-16-7-10)17-12(13(15)18)9-4-2-1-3-5-9/h3-13,20,25H,2H2,1H3,(H2,23,26);1-8,12,17H,(H2,15,18). The van der Waals surface area contributed by atoms with E-state index >= 15 is 0 Å². The van der Waals surface area contributed by atoms with Gasteiger partial charge in [-0.25, -0.2) is 4.39 Å². The van der Waals surface area contributed by atoms with Crippen LogP contribution in [0.4, 0.5) is 15.8 Å². The van der Waals surface area contributed by atoms with Crippen LogP contribution in [0.5, 0.6) is 5.75 Å². The van der Waals surface area contributed by atoms with E-state index in [-0.39, 0.29) is 5.82 Å². The molecule has 2 unspecified atom stereocenters. The van der Waals surface area contributed by atoms with Crippen LogP contribution in [0.25, 0.3) is 11.1 Å². The first kappa shape index (κ1) is 32.6. The number of nitrogens with two attached hydrogens (primary N) is 2. The molecule has 0 aliphatic heterocycles. The molecule has 2 aromatic heterocycles. The zero-order chi connectivity index (χ0) is 32.2. The van der Waals surface area contributed by atoms with E-state index in [1.807, 2.05) is 73.7 Å². The minimum atomic E-state index is -0.720. The van der Waals surface area contributed by atoms with Crippen molar-refractivity contribution in [1.29, 1.82) is 0 Å². The number of pyridine rings is 2. The SMILES string of the molecule is CCOc1ccc(F)c(-c2cncc(NC(C(N)=O)c3ccccc3)c2)c1.NC(=O)C(Nc1cncc(Br)c1)c1ccccc1. The first-order valence-corrected chi connectivity index (χ1v) is 14.7. The fourth-order valence-electron chi connectivity index (χ4n) is 4.40. The van der Waals surface area contributed by atoms with Crippen molar-refractivity contribution in [3.63, 3.8) is 0 Å². The molecule has 3 aromatic carbocycles. The molecular formula is C34H32BrFN6O3. The zero-order valence-electron chi connectivity index (χ0n) is 24.4. The summed E-state index contributed by atoms with van der Waals surface area (Å²) in [4.78, 5) is 31.6. The number of rotatable bonds is 11. The second-order valence-electron chi connectivity index (χ2n) is 9.71. The van der Waals surface area contributed by atoms with Gasteiger partial charge in [-0.3, -0.25) is 19.6 Å². The van der Waals surface area contributed by atoms with Crippen molar-refractivity contribution in [3.05, 3.63) is 137 Å². The maximum absolute atomic E-state index is 14.3. The number of nitrogens with one attached hydrogen (secondary N) is 2. The fraction of sp³-hybridized carbons (Fsp3) is 0.118. The number of hydrogen-bond donors (Lipinski definition) is 4. The lowest BCUT2D eigenvalue weighted by atomic mass is 10.0. The Morgan fingerprint density at radius 2 is 1.31 bits per heavy atom. The predicted molar refractivity (Wildman–Crippen MR) is 177 cm³/mol. The molecule has 0 bridgehead atoms. The van der Waals surface area contributed by atoms with Crippen LogP contribution in [0.15, 0.2) is 120 Å². The van der Waals surface area contributed by atoms with E-state index in [1.165, 1.54) is 6.07 Å². The van der Waals surface area contributed by atoms with Crippen molar-refractivity contribution in [3.8, 4) is 16.9 Å². The third-order valence-electron chi connectivity index (χ3n) is 6.46. The van der Waals surface area contributed by atoms with Crippen molar-refractivity contribution < 1.29 is 18.7 Å². The monoisotopic (exact) mass is 670 g/mol. The minimum absolute atomic E-state index is 0.368. The molecule has 45 heavy (non-hydrogen) atoms. The lowest BCUT2D eigenvalue weighted by Crippen LogP contribution is -2.27. The Morgan fingerprint density at radius 1 is 0.778 bits per heavy atom. The Kier molecular flexibility index (Phi) is 11.6. The van der Waals surface area contributed by atoms with E-state index in [9.17, 15) is 14.0 Å². The van der Waals surface area contributed by atoms with E-state index in [0.717, 1.165) is 21.3 Å². The molecule has 0 saturated heterocycles. The largest absolute Gasteiger partial charge is 0.494 e. The highest BCUT2D eigenvalue weighted by Gasteiger charge is 2.19. The Morgan fingerprint density at radius 3 is 1.82 bits per heavy atom. The van der Waals surface area contributed by atoms with Gasteiger partial charge in [0, 0.05) is 28.0 Å². The topological polar surface area (TPSA) is 145 Å². The number of ether oxygens (including phenoxy) is 1. The number of amides is 2. The summed E-state index contributed by atoms with van der Waals surface area (Å²) >= 11 is 3.33. The summed E-state index contributed by atoms with van der Waals surface area (Å²) in [5, 5.41) is 6.14. The highest BCUT2D eigenvalue weighted by molar-refractivity contribution is 9.10. The Balaban J connectivity index is 0.000000222. The van der Waals surface area contributed by atoms with Gasteiger partial charge in [-0.15, -0.1) is 0 Å². The van der Waals surface area contributed by atoms with E-state index in [1.54, 1.807) is 43.0 Å². The van der Waals surface area contributed by atoms with E-state index < -0.39 is 23.9 Å². The van der Waals surface area contributed by atoms with Crippen molar-refractivity contribution in [2.45, 2.75) is 19.0 Å². The van der Waals surface area contributed by atoms with Crippen molar-refractivity contribution in [2.24, 2.45) is 11.5 Å². The Bertz CT molecular complexity index is 1730. The van der Waals surface area contributed by atoms with Gasteiger partial charge in [-0.1, -0.05) is 60.7 Å². The van der Waals surface area contributed by atoms with Crippen LogP contribution in [0.3, 0.4) is 0 Å². The van der Waals surface area contributed by atoms with Gasteiger partial charge in [0.15, 0.2) is 0 Å². The fourth-order valence-corrected chi connectivity index (χ4v) is 4.77. The average molecular weight is 672 g/mol. The number of aromatic nitrogens is 2. The quantitative estimate of drug-likeness (QED) is 0.127. The van der Waals surface area contributed by atoms with E-state index in [2.05, 4.69) is 36.5 Å². The Labute approximate surface area is 269 Å². The van der Waals surface area contributed by atoms with Crippen LogP contribution in [-0.4, -0.2) is 28.4 Å². The average Bonchev–Trinajstić information content (AvgIpc) is 3.04. The third kappa shape index (κ3) is 9.35. The van der Waals surface area contributed by atoms with Gasteiger partial charge in [0.2, 0.25) is 11.8 Å². The molecule has 11 heteroatoms. The molecule has 0 aliphatic carbocycles. The summed E-state index contributed by atoms with van der Waals surface area (Å²) in [5.41, 5.74) is 14.7. The maximum Gasteiger partial charge on any atom is 0.244 e. The summed E-state index contributed by atoms with van der Waals surface area (Å²) in [6.07, 6.45) is 6.43. The summed E-state index contributed by atoms with van der Waals surface area (Å²) in [6.45, 7) is 2.35. The minimum Gasteiger partial charge on any atom is -0.494 e. The molecular weight excluding hydrogens is 639 g/mol. The van der Waals surface area contributed by atoms with Crippen LogP contribution < -0.4 is 26.8 Å².